The molecule has 0 spiro atoms. The predicted octanol–water partition coefficient (Wildman–Crippen LogP) is 1.83. The molecule has 4 nitrogen and oxygen atoms in total. The number of nitrogens with zero attached hydrogens (tertiary/aromatic N) is 1. The third-order valence-electron chi connectivity index (χ3n) is 3.99. The summed E-state index contributed by atoms with van der Waals surface area (Å²) in [5, 5.41) is 19.4. The summed E-state index contributed by atoms with van der Waals surface area (Å²) in [7, 11) is 0. The van der Waals surface area contributed by atoms with Gasteiger partial charge in [0, 0.05) is 11.6 Å². The normalized spacial score (nSPS) is 19.9. The van der Waals surface area contributed by atoms with Crippen LogP contribution in [0.5, 0.6) is 11.5 Å². The lowest BCUT2D eigenvalue weighted by molar-refractivity contribution is 0.142. The van der Waals surface area contributed by atoms with Gasteiger partial charge in [0.05, 0.1) is 0 Å². The zero-order valence-electron chi connectivity index (χ0n) is 10.8. The van der Waals surface area contributed by atoms with Gasteiger partial charge in [-0.15, -0.1) is 0 Å². The zero-order valence-corrected chi connectivity index (χ0v) is 10.8. The lowest BCUT2D eigenvalue weighted by atomic mass is 9.94. The number of piperidine rings is 1. The molecule has 0 bridgehead atoms. The summed E-state index contributed by atoms with van der Waals surface area (Å²) in [5.41, 5.74) is 6.48. The molecule has 0 saturated carbocycles. The van der Waals surface area contributed by atoms with E-state index in [9.17, 15) is 10.2 Å². The Labute approximate surface area is 108 Å². The van der Waals surface area contributed by atoms with Gasteiger partial charge in [-0.05, 0) is 63.5 Å². The molecule has 0 radical (unpaired) electrons. The van der Waals surface area contributed by atoms with Gasteiger partial charge in [-0.1, -0.05) is 0 Å². The maximum absolute atomic E-state index is 9.88. The molecule has 1 atom stereocenters. The third-order valence-corrected chi connectivity index (χ3v) is 3.99. The molecular weight excluding hydrogens is 228 g/mol. The molecule has 1 unspecified atom stereocenters. The van der Waals surface area contributed by atoms with E-state index in [0.29, 0.717) is 5.92 Å². The largest absolute Gasteiger partial charge is 0.508 e. The Kier molecular flexibility index (Phi) is 4.09. The molecule has 0 aromatic heterocycles. The molecule has 1 aromatic carbocycles. The number of hydrogen-bond donors (Lipinski definition) is 3. The van der Waals surface area contributed by atoms with Crippen LogP contribution in [0.2, 0.25) is 0 Å². The van der Waals surface area contributed by atoms with Gasteiger partial charge in [-0.3, -0.25) is 4.90 Å². The molecule has 4 N–H and O–H groups in total. The van der Waals surface area contributed by atoms with Crippen molar-refractivity contribution in [3.63, 3.8) is 0 Å². The fourth-order valence-electron chi connectivity index (χ4n) is 2.65. The highest BCUT2D eigenvalue weighted by molar-refractivity contribution is 5.40. The van der Waals surface area contributed by atoms with Crippen molar-refractivity contribution in [2.24, 2.45) is 11.7 Å². The summed E-state index contributed by atoms with van der Waals surface area (Å²) in [6.45, 7) is 4.83. The van der Waals surface area contributed by atoms with Crippen molar-refractivity contribution >= 4 is 0 Å². The topological polar surface area (TPSA) is 69.7 Å². The van der Waals surface area contributed by atoms with Crippen LogP contribution in [-0.4, -0.2) is 34.7 Å². The predicted molar refractivity (Wildman–Crippen MR) is 71.5 cm³/mol. The standard InChI is InChI=1S/C14H22N2O2/c1-10(13-8-12(17)2-3-14(13)18)16-6-4-11(9-15)5-7-16/h2-3,8,10-11,17-18H,4-7,9,15H2,1H3. The van der Waals surface area contributed by atoms with Crippen LogP contribution in [0.25, 0.3) is 0 Å². The molecule has 1 aliphatic heterocycles. The van der Waals surface area contributed by atoms with E-state index in [1.165, 1.54) is 6.07 Å². The van der Waals surface area contributed by atoms with E-state index >= 15 is 0 Å². The highest BCUT2D eigenvalue weighted by Crippen LogP contribution is 2.33. The third kappa shape index (κ3) is 2.76. The smallest absolute Gasteiger partial charge is 0.120 e. The van der Waals surface area contributed by atoms with Crippen LogP contribution in [0, 0.1) is 5.92 Å². The molecule has 1 heterocycles. The summed E-state index contributed by atoms with van der Waals surface area (Å²) < 4.78 is 0. The van der Waals surface area contributed by atoms with Gasteiger partial charge in [0.2, 0.25) is 0 Å². The number of nitrogens with two attached hydrogens (primary N) is 1. The molecule has 4 heteroatoms. The lowest BCUT2D eigenvalue weighted by Gasteiger charge is -2.36. The maximum Gasteiger partial charge on any atom is 0.120 e. The summed E-state index contributed by atoms with van der Waals surface area (Å²) >= 11 is 0. The Morgan fingerprint density at radius 1 is 1.33 bits per heavy atom. The summed E-state index contributed by atoms with van der Waals surface area (Å²) in [4.78, 5) is 2.33. The van der Waals surface area contributed by atoms with Crippen LogP contribution in [0.3, 0.4) is 0 Å². The van der Waals surface area contributed by atoms with Crippen molar-refractivity contribution in [2.45, 2.75) is 25.8 Å². The van der Waals surface area contributed by atoms with Gasteiger partial charge < -0.3 is 15.9 Å². The average molecular weight is 250 g/mol. The number of benzene rings is 1. The monoisotopic (exact) mass is 250 g/mol. The van der Waals surface area contributed by atoms with Crippen molar-refractivity contribution in [2.75, 3.05) is 19.6 Å². The molecule has 0 amide bonds. The molecular formula is C14H22N2O2. The Bertz CT molecular complexity index is 401. The van der Waals surface area contributed by atoms with Crippen molar-refractivity contribution < 1.29 is 10.2 Å². The second-order valence-electron chi connectivity index (χ2n) is 5.13. The van der Waals surface area contributed by atoms with Gasteiger partial charge in [-0.25, -0.2) is 0 Å². The minimum atomic E-state index is 0.121. The number of hydrogen-bond acceptors (Lipinski definition) is 4. The van der Waals surface area contributed by atoms with Crippen LogP contribution < -0.4 is 5.73 Å². The second kappa shape index (κ2) is 5.59. The van der Waals surface area contributed by atoms with E-state index in [2.05, 4.69) is 11.8 Å². The number of likely N-dealkylation sites (tertiary alicyclic amines) is 1. The second-order valence-corrected chi connectivity index (χ2v) is 5.13. The molecule has 0 aliphatic carbocycles. The van der Waals surface area contributed by atoms with Crippen LogP contribution in [0.4, 0.5) is 0 Å². The van der Waals surface area contributed by atoms with Crippen molar-refractivity contribution in [3.8, 4) is 11.5 Å². The van der Waals surface area contributed by atoms with E-state index in [1.54, 1.807) is 12.1 Å². The van der Waals surface area contributed by atoms with Crippen molar-refractivity contribution in [3.05, 3.63) is 23.8 Å². The summed E-state index contributed by atoms with van der Waals surface area (Å²) in [6, 6.07) is 4.82. The lowest BCUT2D eigenvalue weighted by Crippen LogP contribution is -2.37. The fourth-order valence-corrected chi connectivity index (χ4v) is 2.65. The molecule has 1 aromatic rings. The first-order valence-electron chi connectivity index (χ1n) is 6.57. The minimum absolute atomic E-state index is 0.121. The van der Waals surface area contributed by atoms with Gasteiger partial charge in [0.25, 0.3) is 0 Å². The summed E-state index contributed by atoms with van der Waals surface area (Å²) in [6.07, 6.45) is 2.22. The Morgan fingerprint density at radius 3 is 2.61 bits per heavy atom. The molecule has 100 valence electrons. The first-order chi connectivity index (χ1) is 8.61. The molecule has 1 aliphatic rings. The minimum Gasteiger partial charge on any atom is -0.508 e. The zero-order chi connectivity index (χ0) is 13.1. The first-order valence-corrected chi connectivity index (χ1v) is 6.57. The number of phenols is 2. The number of phenolic OH excluding ortho intramolecular Hbond substituents is 2. The number of aromatic hydroxyl groups is 2. The molecule has 1 fully saturated rings. The Morgan fingerprint density at radius 2 is 2.00 bits per heavy atom. The van der Waals surface area contributed by atoms with Gasteiger partial charge in [0.1, 0.15) is 11.5 Å². The van der Waals surface area contributed by atoms with Crippen LogP contribution in [0.1, 0.15) is 31.4 Å². The van der Waals surface area contributed by atoms with Crippen LogP contribution in [0.15, 0.2) is 18.2 Å². The molecule has 2 rings (SSSR count). The van der Waals surface area contributed by atoms with E-state index in [0.717, 1.165) is 38.0 Å². The highest BCUT2D eigenvalue weighted by atomic mass is 16.3. The Balaban J connectivity index is 2.07. The molecule has 18 heavy (non-hydrogen) atoms. The van der Waals surface area contributed by atoms with Crippen LogP contribution in [-0.2, 0) is 0 Å². The number of rotatable bonds is 3. The van der Waals surface area contributed by atoms with Crippen LogP contribution >= 0.6 is 0 Å². The summed E-state index contributed by atoms with van der Waals surface area (Å²) in [5.74, 6) is 1.08. The van der Waals surface area contributed by atoms with Crippen molar-refractivity contribution in [1.82, 2.24) is 4.90 Å². The quantitative estimate of drug-likeness (QED) is 0.716. The van der Waals surface area contributed by atoms with Gasteiger partial charge in [-0.2, -0.15) is 0 Å². The van der Waals surface area contributed by atoms with E-state index < -0.39 is 0 Å². The fraction of sp³-hybridized carbons (Fsp3) is 0.571. The SMILES string of the molecule is CC(c1cc(O)ccc1O)N1CCC(CN)CC1. The van der Waals surface area contributed by atoms with Gasteiger partial charge in [0.15, 0.2) is 0 Å². The van der Waals surface area contributed by atoms with E-state index in [1.807, 2.05) is 0 Å². The highest BCUT2D eigenvalue weighted by Gasteiger charge is 2.24. The average Bonchev–Trinajstić information content (AvgIpc) is 2.41. The van der Waals surface area contributed by atoms with E-state index in [-0.39, 0.29) is 17.5 Å². The van der Waals surface area contributed by atoms with Gasteiger partial charge >= 0.3 is 0 Å². The first kappa shape index (κ1) is 13.2. The van der Waals surface area contributed by atoms with Crippen molar-refractivity contribution in [1.29, 1.82) is 0 Å². The maximum atomic E-state index is 9.88. The Hall–Kier alpha value is -1.26. The molecule has 1 saturated heterocycles. The van der Waals surface area contributed by atoms with E-state index in [4.69, 9.17) is 5.73 Å².